The van der Waals surface area contributed by atoms with Crippen molar-refractivity contribution >= 4 is 19.3 Å². The third-order valence-corrected chi connectivity index (χ3v) is 5.28. The van der Waals surface area contributed by atoms with Gasteiger partial charge < -0.3 is 13.8 Å². The van der Waals surface area contributed by atoms with Gasteiger partial charge >= 0.3 is 13.6 Å². The molecule has 0 aromatic heterocycles. The van der Waals surface area contributed by atoms with Gasteiger partial charge in [-0.2, -0.15) is 0 Å². The van der Waals surface area contributed by atoms with E-state index in [2.05, 4.69) is 0 Å². The number of hydrogen-bond donors (Lipinski definition) is 0. The second-order valence-corrected chi connectivity index (χ2v) is 7.16. The Hall–Kier alpha value is -0.710. The number of carbonyl (C=O) groups is 2. The third kappa shape index (κ3) is 4.69. The first-order valence-electron chi connectivity index (χ1n) is 6.92. The summed E-state index contributed by atoms with van der Waals surface area (Å²) in [5.74, 6) is -0.542. The van der Waals surface area contributed by atoms with Crippen LogP contribution in [0.1, 0.15) is 40.0 Å². The van der Waals surface area contributed by atoms with Gasteiger partial charge in [0.15, 0.2) is 0 Å². The Labute approximate surface area is 119 Å². The Morgan fingerprint density at radius 3 is 2.35 bits per heavy atom. The SMILES string of the molecule is CCOP(=O)(CC(=O)OC[C@]1(C)CCCC1=O)OCC. The molecule has 0 N–H and O–H groups in total. The van der Waals surface area contributed by atoms with E-state index in [9.17, 15) is 14.2 Å². The summed E-state index contributed by atoms with van der Waals surface area (Å²) in [7, 11) is -3.43. The summed E-state index contributed by atoms with van der Waals surface area (Å²) in [5.41, 5.74) is -0.600. The topological polar surface area (TPSA) is 78.9 Å². The fourth-order valence-corrected chi connectivity index (χ4v) is 3.65. The van der Waals surface area contributed by atoms with Gasteiger partial charge in [-0.3, -0.25) is 14.2 Å². The molecule has 0 aromatic carbocycles. The fourth-order valence-electron chi connectivity index (χ4n) is 2.20. The molecule has 0 radical (unpaired) electrons. The number of ketones is 1. The molecule has 20 heavy (non-hydrogen) atoms. The highest BCUT2D eigenvalue weighted by molar-refractivity contribution is 7.54. The Bertz CT molecular complexity index is 398. The Morgan fingerprint density at radius 2 is 1.90 bits per heavy atom. The van der Waals surface area contributed by atoms with Crippen molar-refractivity contribution in [3.05, 3.63) is 0 Å². The van der Waals surface area contributed by atoms with Gasteiger partial charge in [-0.25, -0.2) is 0 Å². The van der Waals surface area contributed by atoms with Gasteiger partial charge in [0.1, 0.15) is 18.6 Å². The van der Waals surface area contributed by atoms with E-state index in [1.54, 1.807) is 20.8 Å². The van der Waals surface area contributed by atoms with E-state index in [1.807, 2.05) is 0 Å². The van der Waals surface area contributed by atoms with Crippen molar-refractivity contribution in [3.8, 4) is 0 Å². The maximum atomic E-state index is 12.2. The molecule has 0 aromatic rings. The average Bonchev–Trinajstić information content (AvgIpc) is 2.68. The Morgan fingerprint density at radius 1 is 1.30 bits per heavy atom. The van der Waals surface area contributed by atoms with E-state index >= 15 is 0 Å². The zero-order valence-electron chi connectivity index (χ0n) is 12.3. The lowest BCUT2D eigenvalue weighted by Gasteiger charge is -2.22. The summed E-state index contributed by atoms with van der Waals surface area (Å²) in [6, 6.07) is 0. The highest BCUT2D eigenvalue weighted by Crippen LogP contribution is 2.48. The van der Waals surface area contributed by atoms with Crippen LogP contribution in [0.4, 0.5) is 0 Å². The fraction of sp³-hybridized carbons (Fsp3) is 0.846. The van der Waals surface area contributed by atoms with Crippen molar-refractivity contribution < 1.29 is 27.9 Å². The quantitative estimate of drug-likeness (QED) is 0.506. The third-order valence-electron chi connectivity index (χ3n) is 3.33. The first-order valence-corrected chi connectivity index (χ1v) is 8.65. The van der Waals surface area contributed by atoms with Gasteiger partial charge in [-0.05, 0) is 33.6 Å². The number of rotatable bonds is 8. The van der Waals surface area contributed by atoms with Crippen LogP contribution in [0.2, 0.25) is 0 Å². The molecule has 0 heterocycles. The van der Waals surface area contributed by atoms with E-state index in [0.29, 0.717) is 12.8 Å². The van der Waals surface area contributed by atoms with Crippen molar-refractivity contribution in [1.29, 1.82) is 0 Å². The van der Waals surface area contributed by atoms with Gasteiger partial charge in [-0.15, -0.1) is 0 Å². The van der Waals surface area contributed by atoms with Crippen LogP contribution in [0.5, 0.6) is 0 Å². The summed E-state index contributed by atoms with van der Waals surface area (Å²) >= 11 is 0. The maximum absolute atomic E-state index is 12.2. The number of carbonyl (C=O) groups excluding carboxylic acids is 2. The van der Waals surface area contributed by atoms with Crippen LogP contribution in [0.3, 0.4) is 0 Å². The van der Waals surface area contributed by atoms with Crippen molar-refractivity contribution in [2.75, 3.05) is 26.0 Å². The number of hydrogen-bond acceptors (Lipinski definition) is 6. The molecule has 0 aliphatic heterocycles. The van der Waals surface area contributed by atoms with Gasteiger partial charge in [0.25, 0.3) is 0 Å². The molecule has 7 heteroatoms. The monoisotopic (exact) mass is 306 g/mol. The summed E-state index contributed by atoms with van der Waals surface area (Å²) in [5, 5.41) is 0. The van der Waals surface area contributed by atoms with Crippen molar-refractivity contribution in [2.24, 2.45) is 5.41 Å². The van der Waals surface area contributed by atoms with Crippen LogP contribution in [0, 0.1) is 5.41 Å². The van der Waals surface area contributed by atoms with Crippen molar-refractivity contribution in [3.63, 3.8) is 0 Å². The van der Waals surface area contributed by atoms with Crippen LogP contribution in [0.15, 0.2) is 0 Å². The molecule has 1 aliphatic rings. The van der Waals surface area contributed by atoms with E-state index in [4.69, 9.17) is 13.8 Å². The average molecular weight is 306 g/mol. The predicted molar refractivity (Wildman–Crippen MR) is 73.6 cm³/mol. The minimum Gasteiger partial charge on any atom is -0.464 e. The molecule has 116 valence electrons. The van der Waals surface area contributed by atoms with E-state index in [0.717, 1.165) is 6.42 Å². The standard InChI is InChI=1S/C13H23O6P/c1-4-18-20(16,19-5-2)9-12(15)17-10-13(3)8-6-7-11(13)14/h4-10H2,1-3H3/t13-/m0/s1. The van der Waals surface area contributed by atoms with Crippen LogP contribution in [-0.2, 0) is 27.9 Å². The van der Waals surface area contributed by atoms with E-state index < -0.39 is 25.1 Å². The summed E-state index contributed by atoms with van der Waals surface area (Å²) < 4.78 is 27.3. The van der Waals surface area contributed by atoms with Gasteiger partial charge in [0, 0.05) is 6.42 Å². The molecule has 1 atom stereocenters. The highest BCUT2D eigenvalue weighted by Gasteiger charge is 2.39. The highest BCUT2D eigenvalue weighted by atomic mass is 31.2. The molecule has 0 saturated heterocycles. The number of esters is 1. The van der Waals surface area contributed by atoms with Crippen LogP contribution in [0.25, 0.3) is 0 Å². The smallest absolute Gasteiger partial charge is 0.341 e. The van der Waals surface area contributed by atoms with Crippen LogP contribution in [-0.4, -0.2) is 37.7 Å². The largest absolute Gasteiger partial charge is 0.464 e. The lowest BCUT2D eigenvalue weighted by molar-refractivity contribution is -0.146. The van der Waals surface area contributed by atoms with Crippen LogP contribution >= 0.6 is 7.60 Å². The second kappa shape index (κ2) is 7.34. The minimum absolute atomic E-state index is 0.0307. The van der Waals surface area contributed by atoms with Crippen molar-refractivity contribution in [2.45, 2.75) is 40.0 Å². The maximum Gasteiger partial charge on any atom is 0.341 e. The summed E-state index contributed by atoms with van der Waals surface area (Å²) in [6.45, 7) is 5.56. The lowest BCUT2D eigenvalue weighted by Crippen LogP contribution is -2.30. The summed E-state index contributed by atoms with van der Waals surface area (Å²) in [4.78, 5) is 23.5. The van der Waals surface area contributed by atoms with Gasteiger partial charge in [-0.1, -0.05) is 0 Å². The first-order chi connectivity index (χ1) is 9.35. The van der Waals surface area contributed by atoms with E-state index in [1.165, 1.54) is 0 Å². The molecule has 1 saturated carbocycles. The Balaban J connectivity index is 2.50. The molecule has 0 amide bonds. The zero-order chi connectivity index (χ0) is 15.2. The van der Waals surface area contributed by atoms with Gasteiger partial charge in [0.2, 0.25) is 0 Å². The molecule has 0 unspecified atom stereocenters. The molecule has 1 aliphatic carbocycles. The summed E-state index contributed by atoms with van der Waals surface area (Å²) in [6.07, 6.45) is 1.65. The zero-order valence-corrected chi connectivity index (χ0v) is 13.2. The van der Waals surface area contributed by atoms with Crippen molar-refractivity contribution in [1.82, 2.24) is 0 Å². The number of ether oxygens (including phenoxy) is 1. The molecular weight excluding hydrogens is 283 g/mol. The molecule has 0 bridgehead atoms. The van der Waals surface area contributed by atoms with Gasteiger partial charge in [0.05, 0.1) is 18.6 Å². The number of Topliss-reactive ketones (excluding diaryl/α,β-unsaturated/α-hetero) is 1. The second-order valence-electron chi connectivity index (χ2n) is 5.10. The normalized spacial score (nSPS) is 23.1. The molecule has 6 nitrogen and oxygen atoms in total. The minimum atomic E-state index is -3.43. The first kappa shape index (κ1) is 17.3. The molecular formula is C13H23O6P. The predicted octanol–water partition coefficient (Wildman–Crippen LogP) is 2.56. The molecule has 1 fully saturated rings. The molecule has 0 spiro atoms. The Kier molecular flexibility index (Phi) is 6.37. The lowest BCUT2D eigenvalue weighted by atomic mass is 9.89. The molecule has 1 rings (SSSR count). The van der Waals surface area contributed by atoms with E-state index in [-0.39, 0.29) is 25.6 Å². The van der Waals surface area contributed by atoms with Crippen LogP contribution < -0.4 is 0 Å².